The Hall–Kier alpha value is -3.75. The van der Waals surface area contributed by atoms with Crippen molar-refractivity contribution in [3.63, 3.8) is 0 Å². The third-order valence-electron chi connectivity index (χ3n) is 6.25. The Bertz CT molecular complexity index is 1080. The number of benzene rings is 2. The van der Waals surface area contributed by atoms with Gasteiger partial charge in [-0.2, -0.15) is 0 Å². The van der Waals surface area contributed by atoms with Crippen LogP contribution >= 0.6 is 0 Å². The molecule has 214 valence electrons. The number of phenolic OH excluding ortho intramolecular Hbond substituents is 2. The number of amides is 3. The first-order valence-electron chi connectivity index (χ1n) is 13.5. The Morgan fingerprint density at radius 2 is 1.51 bits per heavy atom. The van der Waals surface area contributed by atoms with Crippen molar-refractivity contribution in [3.05, 3.63) is 59.7 Å². The van der Waals surface area contributed by atoms with Gasteiger partial charge in [0, 0.05) is 19.0 Å². The fourth-order valence-corrected chi connectivity index (χ4v) is 4.07. The van der Waals surface area contributed by atoms with Crippen LogP contribution in [-0.4, -0.2) is 57.3 Å². The molecule has 2 aromatic rings. The fraction of sp³-hybridized carbons (Fsp3) is 0.500. The highest BCUT2D eigenvalue weighted by atomic mass is 16.6. The third kappa shape index (κ3) is 9.81. The van der Waals surface area contributed by atoms with E-state index in [0.717, 1.165) is 12.8 Å². The maximum Gasteiger partial charge on any atom is 0.408 e. The van der Waals surface area contributed by atoms with Crippen molar-refractivity contribution in [2.45, 2.75) is 91.0 Å². The number of alkyl carbamates (subject to hydrolysis) is 1. The van der Waals surface area contributed by atoms with Crippen molar-refractivity contribution in [2.24, 2.45) is 0 Å². The van der Waals surface area contributed by atoms with E-state index in [-0.39, 0.29) is 29.9 Å². The summed E-state index contributed by atoms with van der Waals surface area (Å²) in [4.78, 5) is 42.2. The van der Waals surface area contributed by atoms with E-state index in [2.05, 4.69) is 10.6 Å². The summed E-state index contributed by atoms with van der Waals surface area (Å²) in [5.74, 6) is -0.670. The molecular formula is C30H43N3O6. The van der Waals surface area contributed by atoms with Crippen molar-refractivity contribution in [3.8, 4) is 11.5 Å². The molecule has 0 saturated heterocycles. The summed E-state index contributed by atoms with van der Waals surface area (Å²) in [5, 5.41) is 25.2. The zero-order chi connectivity index (χ0) is 29.2. The Morgan fingerprint density at radius 1 is 0.949 bits per heavy atom. The summed E-state index contributed by atoms with van der Waals surface area (Å²) >= 11 is 0. The van der Waals surface area contributed by atoms with Crippen molar-refractivity contribution < 1.29 is 29.3 Å². The molecule has 0 aliphatic carbocycles. The molecule has 0 aliphatic heterocycles. The fourth-order valence-electron chi connectivity index (χ4n) is 4.07. The minimum Gasteiger partial charge on any atom is -0.508 e. The Morgan fingerprint density at radius 3 is 2.03 bits per heavy atom. The van der Waals surface area contributed by atoms with E-state index in [1.54, 1.807) is 45.0 Å². The monoisotopic (exact) mass is 541 g/mol. The Balaban J connectivity index is 2.55. The highest BCUT2D eigenvalue weighted by Gasteiger charge is 2.38. The van der Waals surface area contributed by atoms with E-state index < -0.39 is 29.7 Å². The molecule has 0 saturated carbocycles. The topological polar surface area (TPSA) is 128 Å². The molecule has 0 fully saturated rings. The summed E-state index contributed by atoms with van der Waals surface area (Å²) in [6.07, 6.45) is 1.60. The maximum atomic E-state index is 14.3. The Kier molecular flexibility index (Phi) is 11.6. The number of unbranched alkanes of at least 4 members (excludes halogenated alkanes) is 1. The Labute approximate surface area is 231 Å². The molecule has 3 amide bonds. The minimum atomic E-state index is -1.05. The second-order valence-electron chi connectivity index (χ2n) is 10.7. The van der Waals surface area contributed by atoms with Gasteiger partial charge in [-0.1, -0.05) is 44.5 Å². The van der Waals surface area contributed by atoms with Crippen molar-refractivity contribution in [1.82, 2.24) is 15.5 Å². The molecule has 2 rings (SSSR count). The van der Waals surface area contributed by atoms with Crippen LogP contribution in [0.1, 0.15) is 78.0 Å². The second kappa shape index (κ2) is 14.4. The lowest BCUT2D eigenvalue weighted by molar-refractivity contribution is -0.145. The molecular weight excluding hydrogens is 498 g/mol. The van der Waals surface area contributed by atoms with E-state index >= 15 is 0 Å². The van der Waals surface area contributed by atoms with Crippen molar-refractivity contribution in [2.75, 3.05) is 6.54 Å². The van der Waals surface area contributed by atoms with Crippen LogP contribution in [0, 0.1) is 0 Å². The van der Waals surface area contributed by atoms with E-state index in [0.29, 0.717) is 24.1 Å². The van der Waals surface area contributed by atoms with Gasteiger partial charge in [0.25, 0.3) is 0 Å². The summed E-state index contributed by atoms with van der Waals surface area (Å²) < 4.78 is 5.45. The first-order valence-corrected chi connectivity index (χ1v) is 13.5. The van der Waals surface area contributed by atoms with Gasteiger partial charge in [-0.25, -0.2) is 4.79 Å². The summed E-state index contributed by atoms with van der Waals surface area (Å²) in [6.45, 7) is 11.5. The van der Waals surface area contributed by atoms with E-state index in [4.69, 9.17) is 4.74 Å². The number of carbonyl (C=O) groups is 3. The normalized spacial score (nSPS) is 13.6. The van der Waals surface area contributed by atoms with Crippen LogP contribution < -0.4 is 10.6 Å². The number of ether oxygens (including phenoxy) is 1. The van der Waals surface area contributed by atoms with E-state index in [1.807, 2.05) is 20.8 Å². The van der Waals surface area contributed by atoms with Crippen molar-refractivity contribution in [1.29, 1.82) is 0 Å². The lowest BCUT2D eigenvalue weighted by Crippen LogP contribution is -2.56. The van der Waals surface area contributed by atoms with Gasteiger partial charge in [0.1, 0.15) is 29.2 Å². The lowest BCUT2D eigenvalue weighted by atomic mass is 9.97. The van der Waals surface area contributed by atoms with Gasteiger partial charge in [0.2, 0.25) is 11.8 Å². The molecule has 39 heavy (non-hydrogen) atoms. The number of carbonyl (C=O) groups excluding carboxylic acids is 3. The van der Waals surface area contributed by atoms with Crippen molar-refractivity contribution >= 4 is 17.9 Å². The van der Waals surface area contributed by atoms with Crippen LogP contribution in [0.4, 0.5) is 4.79 Å². The lowest BCUT2D eigenvalue weighted by Gasteiger charge is -2.38. The largest absolute Gasteiger partial charge is 0.508 e. The van der Waals surface area contributed by atoms with Crippen LogP contribution in [0.3, 0.4) is 0 Å². The average Bonchev–Trinajstić information content (AvgIpc) is 2.87. The molecule has 0 heterocycles. The van der Waals surface area contributed by atoms with Gasteiger partial charge in [-0.15, -0.1) is 0 Å². The second-order valence-corrected chi connectivity index (χ2v) is 10.7. The highest BCUT2D eigenvalue weighted by Crippen LogP contribution is 2.28. The standard InChI is InChI=1S/C30H43N3O6/c1-7-9-18-31-27(36)26(22-12-16-24(35)17-13-22)33(20(3)8-2)28(37)25(32-29(38)39-30(4,5)6)19-21-10-14-23(34)15-11-21/h10-17,20,25-26,34-35H,7-9,18-19H2,1-6H3,(H,31,36)(H,32,38). The number of rotatable bonds is 12. The van der Waals surface area contributed by atoms with Crippen LogP contribution in [-0.2, 0) is 20.7 Å². The molecule has 0 aliphatic rings. The quantitative estimate of drug-likeness (QED) is 0.285. The van der Waals surface area contributed by atoms with Gasteiger partial charge in [0.05, 0.1) is 0 Å². The predicted molar refractivity (Wildman–Crippen MR) is 150 cm³/mol. The molecule has 0 bridgehead atoms. The number of phenols is 2. The zero-order valence-corrected chi connectivity index (χ0v) is 23.9. The van der Waals surface area contributed by atoms with Gasteiger partial charge in [-0.3, -0.25) is 9.59 Å². The third-order valence-corrected chi connectivity index (χ3v) is 6.25. The SMILES string of the molecule is CCCCNC(=O)C(c1ccc(O)cc1)N(C(=O)C(Cc1ccc(O)cc1)NC(=O)OC(C)(C)C)C(C)CC. The first-order chi connectivity index (χ1) is 18.4. The molecule has 0 aromatic heterocycles. The maximum absolute atomic E-state index is 14.3. The number of hydrogen-bond donors (Lipinski definition) is 4. The predicted octanol–water partition coefficient (Wildman–Crippen LogP) is 4.82. The first kappa shape index (κ1) is 31.5. The molecule has 3 unspecified atom stereocenters. The summed E-state index contributed by atoms with van der Waals surface area (Å²) in [6, 6.07) is 10.2. The molecule has 9 heteroatoms. The van der Waals surface area contributed by atoms with Gasteiger partial charge in [-0.05, 0) is 75.9 Å². The summed E-state index contributed by atoms with van der Waals surface area (Å²) in [7, 11) is 0. The molecule has 4 N–H and O–H groups in total. The molecule has 3 atom stereocenters. The average molecular weight is 542 g/mol. The van der Waals surface area contributed by atoms with E-state index in [1.165, 1.54) is 29.2 Å². The number of aromatic hydroxyl groups is 2. The number of nitrogens with one attached hydrogen (secondary N) is 2. The smallest absolute Gasteiger partial charge is 0.408 e. The van der Waals surface area contributed by atoms with Gasteiger partial charge in [0.15, 0.2) is 0 Å². The number of hydrogen-bond acceptors (Lipinski definition) is 6. The van der Waals surface area contributed by atoms with Crippen LogP contribution in [0.5, 0.6) is 11.5 Å². The molecule has 9 nitrogen and oxygen atoms in total. The highest BCUT2D eigenvalue weighted by molar-refractivity contribution is 5.92. The minimum absolute atomic E-state index is 0.0436. The zero-order valence-electron chi connectivity index (χ0n) is 23.9. The summed E-state index contributed by atoms with van der Waals surface area (Å²) in [5.41, 5.74) is 0.469. The van der Waals surface area contributed by atoms with Crippen LogP contribution in [0.25, 0.3) is 0 Å². The van der Waals surface area contributed by atoms with Crippen LogP contribution in [0.2, 0.25) is 0 Å². The van der Waals surface area contributed by atoms with Gasteiger partial charge < -0.3 is 30.5 Å². The van der Waals surface area contributed by atoms with E-state index in [9.17, 15) is 24.6 Å². The van der Waals surface area contributed by atoms with Crippen LogP contribution in [0.15, 0.2) is 48.5 Å². The molecule has 0 radical (unpaired) electrons. The molecule has 0 spiro atoms. The number of nitrogens with zero attached hydrogens (tertiary/aromatic N) is 1. The molecule has 2 aromatic carbocycles. The van der Waals surface area contributed by atoms with Gasteiger partial charge >= 0.3 is 6.09 Å².